The van der Waals surface area contributed by atoms with Gasteiger partial charge in [-0.25, -0.2) is 0 Å². The lowest BCUT2D eigenvalue weighted by Crippen LogP contribution is -2.48. The van der Waals surface area contributed by atoms with Gasteiger partial charge in [-0.1, -0.05) is 17.7 Å². The van der Waals surface area contributed by atoms with Crippen molar-refractivity contribution in [3.05, 3.63) is 28.8 Å². The lowest BCUT2D eigenvalue weighted by atomic mass is 10.1. The third kappa shape index (κ3) is 2.60. The van der Waals surface area contributed by atoms with Crippen molar-refractivity contribution in [3.8, 4) is 0 Å². The number of piperazine rings is 1. The monoisotopic (exact) mass is 268 g/mol. The molecule has 1 heterocycles. The van der Waals surface area contributed by atoms with Gasteiger partial charge in [0, 0.05) is 49.4 Å². The van der Waals surface area contributed by atoms with Crippen LogP contribution in [0.3, 0.4) is 0 Å². The molecule has 1 amide bonds. The molecule has 5 heteroatoms. The zero-order valence-corrected chi connectivity index (χ0v) is 11.2. The molecule has 1 N–H and O–H groups in total. The summed E-state index contributed by atoms with van der Waals surface area (Å²) in [6.07, 6.45) is 0. The van der Waals surface area contributed by atoms with E-state index < -0.39 is 0 Å². The number of carbonyl (C=O) groups excluding carboxylic acids is 1. The largest absolute Gasteiger partial charge is 0.392 e. The second kappa shape index (κ2) is 5.59. The van der Waals surface area contributed by atoms with Gasteiger partial charge in [0.1, 0.15) is 0 Å². The summed E-state index contributed by atoms with van der Waals surface area (Å²) in [4.78, 5) is 15.3. The molecule has 1 aromatic rings. The average molecular weight is 269 g/mol. The molecule has 1 aliphatic heterocycles. The number of carbonyl (C=O) groups is 1. The third-order valence-electron chi connectivity index (χ3n) is 3.32. The van der Waals surface area contributed by atoms with Crippen molar-refractivity contribution in [3.63, 3.8) is 0 Å². The van der Waals surface area contributed by atoms with E-state index >= 15 is 0 Å². The lowest BCUT2D eigenvalue weighted by Gasteiger charge is -2.36. The number of nitrogens with zero attached hydrogens (tertiary/aromatic N) is 2. The van der Waals surface area contributed by atoms with E-state index in [0.717, 1.165) is 24.3 Å². The summed E-state index contributed by atoms with van der Waals surface area (Å²) in [5.41, 5.74) is 1.73. The summed E-state index contributed by atoms with van der Waals surface area (Å²) >= 11 is 6.08. The molecule has 0 aromatic heterocycles. The SMILES string of the molecule is CC(=O)N1CCN(c2cccc(Cl)c2CO)CC1. The van der Waals surface area contributed by atoms with Crippen LogP contribution >= 0.6 is 11.6 Å². The van der Waals surface area contributed by atoms with Crippen molar-refractivity contribution < 1.29 is 9.90 Å². The van der Waals surface area contributed by atoms with Gasteiger partial charge < -0.3 is 14.9 Å². The van der Waals surface area contributed by atoms with Crippen molar-refractivity contribution in [2.45, 2.75) is 13.5 Å². The molecule has 2 rings (SSSR count). The minimum Gasteiger partial charge on any atom is -0.392 e. The molecule has 0 aliphatic carbocycles. The Hall–Kier alpha value is -1.26. The van der Waals surface area contributed by atoms with Crippen molar-refractivity contribution in [1.82, 2.24) is 4.90 Å². The normalized spacial score (nSPS) is 15.9. The molecule has 98 valence electrons. The topological polar surface area (TPSA) is 43.8 Å². The summed E-state index contributed by atoms with van der Waals surface area (Å²) in [5, 5.41) is 9.98. The van der Waals surface area contributed by atoms with Crippen molar-refractivity contribution >= 4 is 23.2 Å². The van der Waals surface area contributed by atoms with Gasteiger partial charge >= 0.3 is 0 Å². The molecule has 1 saturated heterocycles. The van der Waals surface area contributed by atoms with Gasteiger partial charge in [-0.15, -0.1) is 0 Å². The van der Waals surface area contributed by atoms with Crippen LogP contribution in [-0.4, -0.2) is 42.1 Å². The molecular weight excluding hydrogens is 252 g/mol. The second-order valence-corrected chi connectivity index (χ2v) is 4.80. The van der Waals surface area contributed by atoms with Crippen LogP contribution < -0.4 is 4.90 Å². The summed E-state index contributed by atoms with van der Waals surface area (Å²) < 4.78 is 0. The maximum absolute atomic E-state index is 11.3. The van der Waals surface area contributed by atoms with E-state index in [-0.39, 0.29) is 12.5 Å². The Kier molecular flexibility index (Phi) is 4.09. The fourth-order valence-corrected chi connectivity index (χ4v) is 2.49. The zero-order chi connectivity index (χ0) is 13.1. The fraction of sp³-hybridized carbons (Fsp3) is 0.462. The minimum atomic E-state index is -0.0675. The molecule has 0 spiro atoms. The van der Waals surface area contributed by atoms with Crippen LogP contribution in [0.2, 0.25) is 5.02 Å². The molecule has 4 nitrogen and oxygen atoms in total. The highest BCUT2D eigenvalue weighted by atomic mass is 35.5. The van der Waals surface area contributed by atoms with Gasteiger partial charge in [0.25, 0.3) is 0 Å². The molecule has 1 aliphatic rings. The number of aliphatic hydroxyl groups excluding tert-OH is 1. The number of hydrogen-bond acceptors (Lipinski definition) is 3. The fourth-order valence-electron chi connectivity index (χ4n) is 2.26. The van der Waals surface area contributed by atoms with Crippen LogP contribution in [0.25, 0.3) is 0 Å². The molecule has 0 bridgehead atoms. The van der Waals surface area contributed by atoms with Gasteiger partial charge in [0.2, 0.25) is 5.91 Å². The first kappa shape index (κ1) is 13.2. The highest BCUT2D eigenvalue weighted by Crippen LogP contribution is 2.28. The standard InChI is InChI=1S/C13H17ClN2O2/c1-10(18)15-5-7-16(8-6-15)13-4-2-3-12(14)11(13)9-17/h2-4,17H,5-9H2,1H3. The molecule has 0 radical (unpaired) electrons. The van der Waals surface area contributed by atoms with Crippen LogP contribution in [0.15, 0.2) is 18.2 Å². The van der Waals surface area contributed by atoms with Gasteiger partial charge in [0.05, 0.1) is 6.61 Å². The highest BCUT2D eigenvalue weighted by molar-refractivity contribution is 6.31. The molecule has 0 unspecified atom stereocenters. The lowest BCUT2D eigenvalue weighted by molar-refractivity contribution is -0.129. The van der Waals surface area contributed by atoms with Crippen LogP contribution in [-0.2, 0) is 11.4 Å². The average Bonchev–Trinajstić information content (AvgIpc) is 2.38. The van der Waals surface area contributed by atoms with E-state index in [2.05, 4.69) is 4.90 Å². The predicted octanol–water partition coefficient (Wildman–Crippen LogP) is 1.50. The summed E-state index contributed by atoms with van der Waals surface area (Å²) in [6.45, 7) is 4.50. The Bertz CT molecular complexity index is 443. The second-order valence-electron chi connectivity index (χ2n) is 4.39. The smallest absolute Gasteiger partial charge is 0.219 e. The van der Waals surface area contributed by atoms with E-state index in [1.165, 1.54) is 0 Å². The first-order valence-electron chi connectivity index (χ1n) is 6.02. The first-order valence-corrected chi connectivity index (χ1v) is 6.40. The maximum atomic E-state index is 11.3. The predicted molar refractivity (Wildman–Crippen MR) is 71.8 cm³/mol. The number of aliphatic hydroxyl groups is 1. The molecule has 18 heavy (non-hydrogen) atoms. The molecular formula is C13H17ClN2O2. The van der Waals surface area contributed by atoms with E-state index in [1.807, 2.05) is 17.0 Å². The molecule has 1 aromatic carbocycles. The van der Waals surface area contributed by atoms with Gasteiger partial charge in [-0.3, -0.25) is 4.79 Å². The third-order valence-corrected chi connectivity index (χ3v) is 3.67. The zero-order valence-electron chi connectivity index (χ0n) is 10.4. The van der Waals surface area contributed by atoms with Gasteiger partial charge in [-0.05, 0) is 12.1 Å². The highest BCUT2D eigenvalue weighted by Gasteiger charge is 2.20. The minimum absolute atomic E-state index is 0.0675. The van der Waals surface area contributed by atoms with Crippen molar-refractivity contribution in [1.29, 1.82) is 0 Å². The number of rotatable bonds is 2. The van der Waals surface area contributed by atoms with Crippen LogP contribution in [0.1, 0.15) is 12.5 Å². The Morgan fingerprint density at radius 3 is 2.56 bits per heavy atom. The van der Waals surface area contributed by atoms with E-state index in [9.17, 15) is 9.90 Å². The van der Waals surface area contributed by atoms with E-state index in [1.54, 1.807) is 13.0 Å². The van der Waals surface area contributed by atoms with E-state index in [4.69, 9.17) is 11.6 Å². The number of benzene rings is 1. The number of amides is 1. The Balaban J connectivity index is 2.14. The molecule has 1 fully saturated rings. The Labute approximate surface area is 112 Å². The molecule has 0 atom stereocenters. The molecule has 0 saturated carbocycles. The number of hydrogen-bond donors (Lipinski definition) is 1. The van der Waals surface area contributed by atoms with E-state index in [0.29, 0.717) is 18.1 Å². The Morgan fingerprint density at radius 1 is 1.33 bits per heavy atom. The summed E-state index contributed by atoms with van der Waals surface area (Å²) in [5.74, 6) is 0.114. The van der Waals surface area contributed by atoms with Crippen molar-refractivity contribution in [2.24, 2.45) is 0 Å². The number of anilines is 1. The van der Waals surface area contributed by atoms with Crippen molar-refractivity contribution in [2.75, 3.05) is 31.1 Å². The quantitative estimate of drug-likeness (QED) is 0.884. The first-order chi connectivity index (χ1) is 8.63. The Morgan fingerprint density at radius 2 is 2.00 bits per heavy atom. The van der Waals surface area contributed by atoms with Crippen LogP contribution in [0, 0.1) is 0 Å². The van der Waals surface area contributed by atoms with Gasteiger partial charge in [-0.2, -0.15) is 0 Å². The van der Waals surface area contributed by atoms with Gasteiger partial charge in [0.15, 0.2) is 0 Å². The maximum Gasteiger partial charge on any atom is 0.219 e. The van der Waals surface area contributed by atoms with Crippen LogP contribution in [0.5, 0.6) is 0 Å². The van der Waals surface area contributed by atoms with Crippen LogP contribution in [0.4, 0.5) is 5.69 Å². The summed E-state index contributed by atoms with van der Waals surface area (Å²) in [7, 11) is 0. The number of halogens is 1. The summed E-state index contributed by atoms with van der Waals surface area (Å²) in [6, 6.07) is 5.62.